The third-order valence-electron chi connectivity index (χ3n) is 2.92. The second-order valence-corrected chi connectivity index (χ2v) is 5.13. The van der Waals surface area contributed by atoms with Crippen LogP contribution in [-0.4, -0.2) is 39.6 Å². The highest BCUT2D eigenvalue weighted by atomic mass is 79.9. The molecule has 1 aliphatic heterocycles. The summed E-state index contributed by atoms with van der Waals surface area (Å²) in [7, 11) is 0. The molecule has 102 valence electrons. The van der Waals surface area contributed by atoms with Crippen molar-refractivity contribution in [3.8, 4) is 0 Å². The first-order valence-corrected chi connectivity index (χ1v) is 6.86. The molecule has 7 heteroatoms. The maximum atomic E-state index is 12.7. The lowest BCUT2D eigenvalue weighted by atomic mass is 10.0. The summed E-state index contributed by atoms with van der Waals surface area (Å²) in [6, 6.07) is 6.46. The van der Waals surface area contributed by atoms with Crippen LogP contribution in [0.5, 0.6) is 0 Å². The number of nitrogens with zero attached hydrogens (tertiary/aromatic N) is 4. The van der Waals surface area contributed by atoms with Crippen molar-refractivity contribution in [3.05, 3.63) is 47.0 Å². The Labute approximate surface area is 123 Å². The fourth-order valence-electron chi connectivity index (χ4n) is 1.99. The number of hydrogen-bond acceptors (Lipinski definition) is 5. The van der Waals surface area contributed by atoms with Crippen LogP contribution in [0.25, 0.3) is 0 Å². The highest BCUT2D eigenvalue weighted by Gasteiger charge is 2.31. The number of carbonyl (C=O) groups is 1. The molecule has 1 aliphatic rings. The smallest absolute Gasteiger partial charge is 0.217 e. The monoisotopic (exact) mass is 334 g/mol. The van der Waals surface area contributed by atoms with E-state index >= 15 is 0 Å². The average molecular weight is 335 g/mol. The number of hydrogen-bond donors (Lipinski definition) is 0. The summed E-state index contributed by atoms with van der Waals surface area (Å²) in [4.78, 5) is 20.8. The zero-order chi connectivity index (χ0) is 13.9. The van der Waals surface area contributed by atoms with Gasteiger partial charge in [-0.2, -0.15) is 5.10 Å². The molecule has 0 bridgehead atoms. The van der Waals surface area contributed by atoms with Gasteiger partial charge < -0.3 is 4.74 Å². The van der Waals surface area contributed by atoms with Crippen LogP contribution in [0, 0.1) is 0 Å². The highest BCUT2D eigenvalue weighted by molar-refractivity contribution is 9.10. The van der Waals surface area contributed by atoms with Gasteiger partial charge in [-0.05, 0) is 12.1 Å². The van der Waals surface area contributed by atoms with Gasteiger partial charge >= 0.3 is 0 Å². The van der Waals surface area contributed by atoms with Crippen molar-refractivity contribution in [3.63, 3.8) is 0 Å². The minimum atomic E-state index is -0.693. The number of Topliss-reactive ketones (excluding diaryl/α,β-unsaturated/α-hetero) is 1. The first-order chi connectivity index (χ1) is 9.75. The number of halogens is 1. The average Bonchev–Trinajstić information content (AvgIpc) is 3.13. The number of ketones is 1. The zero-order valence-electron chi connectivity index (χ0n) is 10.4. The molecule has 0 saturated heterocycles. The van der Waals surface area contributed by atoms with E-state index in [1.807, 2.05) is 12.1 Å². The Kier molecular flexibility index (Phi) is 3.60. The molecule has 0 fully saturated rings. The van der Waals surface area contributed by atoms with Gasteiger partial charge in [0.05, 0.1) is 6.54 Å². The van der Waals surface area contributed by atoms with Gasteiger partial charge in [-0.15, -0.1) is 0 Å². The van der Waals surface area contributed by atoms with Crippen molar-refractivity contribution in [2.24, 2.45) is 4.99 Å². The normalized spacial score (nSPS) is 15.6. The summed E-state index contributed by atoms with van der Waals surface area (Å²) in [5.74, 6) is 0.270. The molecule has 1 unspecified atom stereocenters. The molecular weight excluding hydrogens is 324 g/mol. The van der Waals surface area contributed by atoms with Gasteiger partial charge in [0.25, 0.3) is 0 Å². The Morgan fingerprint density at radius 2 is 2.15 bits per heavy atom. The first-order valence-electron chi connectivity index (χ1n) is 6.07. The number of benzene rings is 1. The summed E-state index contributed by atoms with van der Waals surface area (Å²) >= 11 is 3.35. The second kappa shape index (κ2) is 5.54. The predicted octanol–water partition coefficient (Wildman–Crippen LogP) is 1.89. The fourth-order valence-corrected chi connectivity index (χ4v) is 2.25. The summed E-state index contributed by atoms with van der Waals surface area (Å²) in [6.45, 7) is 1.06. The molecule has 1 aromatic heterocycles. The van der Waals surface area contributed by atoms with Crippen LogP contribution in [0.2, 0.25) is 0 Å². The number of aromatic nitrogens is 3. The van der Waals surface area contributed by atoms with E-state index in [2.05, 4.69) is 31.0 Å². The number of aliphatic imine (C=N–C) groups is 1. The van der Waals surface area contributed by atoms with Crippen LogP contribution >= 0.6 is 15.9 Å². The lowest BCUT2D eigenvalue weighted by Gasteiger charge is -2.15. The minimum Gasteiger partial charge on any atom is -0.477 e. The van der Waals surface area contributed by atoms with Gasteiger partial charge in [0.2, 0.25) is 5.90 Å². The Morgan fingerprint density at radius 3 is 2.75 bits per heavy atom. The molecule has 1 aromatic carbocycles. The lowest BCUT2D eigenvalue weighted by molar-refractivity contribution is 0.0941. The van der Waals surface area contributed by atoms with Crippen LogP contribution in [0.15, 0.2) is 46.4 Å². The molecule has 20 heavy (non-hydrogen) atoms. The second-order valence-electron chi connectivity index (χ2n) is 4.22. The van der Waals surface area contributed by atoms with Gasteiger partial charge in [-0.25, -0.2) is 14.7 Å². The predicted molar refractivity (Wildman–Crippen MR) is 75.8 cm³/mol. The van der Waals surface area contributed by atoms with E-state index in [9.17, 15) is 4.79 Å². The topological polar surface area (TPSA) is 69.4 Å². The molecule has 0 amide bonds. The van der Waals surface area contributed by atoms with Crippen molar-refractivity contribution in [1.29, 1.82) is 0 Å². The van der Waals surface area contributed by atoms with Gasteiger partial charge in [-0.3, -0.25) is 4.79 Å². The van der Waals surface area contributed by atoms with E-state index in [4.69, 9.17) is 4.74 Å². The summed E-state index contributed by atoms with van der Waals surface area (Å²) in [6.07, 6.45) is 2.88. The molecule has 0 aliphatic carbocycles. The molecule has 6 nitrogen and oxygen atoms in total. The Hall–Kier alpha value is -2.02. The third-order valence-corrected chi connectivity index (χ3v) is 3.45. The van der Waals surface area contributed by atoms with Crippen LogP contribution in [0.4, 0.5) is 0 Å². The van der Waals surface area contributed by atoms with Crippen LogP contribution < -0.4 is 0 Å². The van der Waals surface area contributed by atoms with Crippen molar-refractivity contribution >= 4 is 27.6 Å². The molecule has 0 saturated carbocycles. The quantitative estimate of drug-likeness (QED) is 0.800. The van der Waals surface area contributed by atoms with Gasteiger partial charge in [0.15, 0.2) is 11.8 Å². The maximum absolute atomic E-state index is 12.7. The Bertz CT molecular complexity index is 637. The van der Waals surface area contributed by atoms with E-state index < -0.39 is 6.04 Å². The summed E-state index contributed by atoms with van der Waals surface area (Å²) in [5, 5.41) is 4.04. The van der Waals surface area contributed by atoms with Crippen LogP contribution in [0.3, 0.4) is 0 Å². The SMILES string of the molecule is O=C(c1ccc(Br)cc1)C(C1=NCCO1)n1cncn1. The zero-order valence-corrected chi connectivity index (χ0v) is 12.0. The van der Waals surface area contributed by atoms with Crippen LogP contribution in [-0.2, 0) is 4.74 Å². The van der Waals surface area contributed by atoms with Crippen molar-refractivity contribution in [1.82, 2.24) is 14.8 Å². The molecule has 0 spiro atoms. The van der Waals surface area contributed by atoms with E-state index in [-0.39, 0.29) is 5.78 Å². The van der Waals surface area contributed by atoms with Crippen molar-refractivity contribution < 1.29 is 9.53 Å². The molecule has 1 atom stereocenters. The maximum Gasteiger partial charge on any atom is 0.217 e. The molecule has 2 aromatic rings. The fraction of sp³-hybridized carbons (Fsp3) is 0.231. The third kappa shape index (κ3) is 2.49. The Balaban J connectivity index is 1.97. The first kappa shape index (κ1) is 13.0. The van der Waals surface area contributed by atoms with E-state index in [0.717, 1.165) is 4.47 Å². The van der Waals surface area contributed by atoms with E-state index in [1.165, 1.54) is 17.3 Å². The Morgan fingerprint density at radius 1 is 1.35 bits per heavy atom. The molecule has 0 N–H and O–H groups in total. The van der Waals surface area contributed by atoms with Crippen molar-refractivity contribution in [2.45, 2.75) is 6.04 Å². The van der Waals surface area contributed by atoms with E-state index in [1.54, 1.807) is 12.1 Å². The number of ether oxygens (including phenoxy) is 1. The number of rotatable bonds is 4. The van der Waals surface area contributed by atoms with Crippen LogP contribution in [0.1, 0.15) is 16.4 Å². The van der Waals surface area contributed by atoms with Crippen molar-refractivity contribution in [2.75, 3.05) is 13.2 Å². The lowest BCUT2D eigenvalue weighted by Crippen LogP contribution is -2.28. The molecule has 2 heterocycles. The standard InChI is InChI=1S/C13H11BrN4O2/c14-10-3-1-9(2-4-10)12(19)11(13-16-5-6-20-13)18-8-15-7-17-18/h1-4,7-8,11H,5-6H2. The molecule has 3 rings (SSSR count). The molecular formula is C13H11BrN4O2. The minimum absolute atomic E-state index is 0.122. The summed E-state index contributed by atoms with van der Waals surface area (Å²) in [5.41, 5.74) is 0.576. The number of carbonyl (C=O) groups excluding carboxylic acids is 1. The molecule has 0 radical (unpaired) electrons. The summed E-state index contributed by atoms with van der Waals surface area (Å²) < 4.78 is 7.82. The van der Waals surface area contributed by atoms with Gasteiger partial charge in [-0.1, -0.05) is 28.1 Å². The van der Waals surface area contributed by atoms with E-state index in [0.29, 0.717) is 24.6 Å². The largest absolute Gasteiger partial charge is 0.477 e. The highest BCUT2D eigenvalue weighted by Crippen LogP contribution is 2.20. The van der Waals surface area contributed by atoms with Gasteiger partial charge in [0.1, 0.15) is 19.3 Å². The van der Waals surface area contributed by atoms with Gasteiger partial charge in [0, 0.05) is 10.0 Å².